The number of nitrogens with one attached hydrogen (secondary N) is 1. The molecule has 1 saturated heterocycles. The molecule has 2 unspecified atom stereocenters. The Balaban J connectivity index is 2.06. The van der Waals surface area contributed by atoms with Crippen LogP contribution in [0, 0.1) is 0 Å². The largest absolute Gasteiger partial charge is 0.311 e. The molecule has 0 bridgehead atoms. The van der Waals surface area contributed by atoms with Crippen molar-refractivity contribution in [1.29, 1.82) is 0 Å². The summed E-state index contributed by atoms with van der Waals surface area (Å²) in [6.45, 7) is 12.8. The van der Waals surface area contributed by atoms with Crippen molar-refractivity contribution in [2.45, 2.75) is 51.6 Å². The Kier molecular flexibility index (Phi) is 4.46. The summed E-state index contributed by atoms with van der Waals surface area (Å²) in [4.78, 5) is 4.18. The van der Waals surface area contributed by atoms with Crippen molar-refractivity contribution in [1.82, 2.24) is 10.2 Å². The Bertz CT molecular complexity index is 359. The number of thiophene rings is 1. The van der Waals surface area contributed by atoms with E-state index in [9.17, 15) is 0 Å². The highest BCUT2D eigenvalue weighted by molar-refractivity contribution is 7.10. The van der Waals surface area contributed by atoms with Gasteiger partial charge in [-0.15, -0.1) is 11.3 Å². The molecule has 0 spiro atoms. The highest BCUT2D eigenvalue weighted by atomic mass is 32.1. The van der Waals surface area contributed by atoms with Gasteiger partial charge in [-0.2, -0.15) is 0 Å². The van der Waals surface area contributed by atoms with Crippen LogP contribution in [0.15, 0.2) is 17.5 Å². The predicted octanol–water partition coefficient (Wildman–Crippen LogP) is 3.10. The van der Waals surface area contributed by atoms with Crippen LogP contribution in [0.2, 0.25) is 0 Å². The number of hydrogen-bond donors (Lipinski definition) is 1. The quantitative estimate of drug-likeness (QED) is 0.901. The van der Waals surface area contributed by atoms with Crippen molar-refractivity contribution >= 4 is 11.3 Å². The van der Waals surface area contributed by atoms with E-state index >= 15 is 0 Å². The highest BCUT2D eigenvalue weighted by Gasteiger charge is 2.31. The van der Waals surface area contributed by atoms with E-state index in [-0.39, 0.29) is 5.41 Å². The molecule has 1 fully saturated rings. The summed E-state index contributed by atoms with van der Waals surface area (Å²) in [5, 5.41) is 5.78. The Morgan fingerprint density at radius 2 is 2.28 bits per heavy atom. The Morgan fingerprint density at radius 3 is 2.89 bits per heavy atom. The summed E-state index contributed by atoms with van der Waals surface area (Å²) in [6, 6.07) is 5.75. The first-order chi connectivity index (χ1) is 8.53. The van der Waals surface area contributed by atoms with Gasteiger partial charge in [0.1, 0.15) is 0 Å². The summed E-state index contributed by atoms with van der Waals surface area (Å²) in [5.74, 6) is 0. The SMILES string of the molecule is CCC1CNC(C)CN1CC(C)(C)c1cccs1. The standard InChI is InChI=1S/C15H26N2S/c1-5-13-9-16-12(2)10-17(13)11-15(3,4)14-7-6-8-18-14/h6-8,12-13,16H,5,9-11H2,1-4H3. The van der Waals surface area contributed by atoms with Crippen LogP contribution in [0.1, 0.15) is 39.0 Å². The van der Waals surface area contributed by atoms with Gasteiger partial charge in [0.05, 0.1) is 0 Å². The molecule has 3 heteroatoms. The van der Waals surface area contributed by atoms with Crippen LogP contribution < -0.4 is 5.32 Å². The van der Waals surface area contributed by atoms with Gasteiger partial charge in [0, 0.05) is 42.0 Å². The molecule has 1 aliphatic rings. The molecule has 2 atom stereocenters. The molecule has 0 aromatic carbocycles. The van der Waals surface area contributed by atoms with Crippen molar-refractivity contribution in [2.75, 3.05) is 19.6 Å². The van der Waals surface area contributed by atoms with Crippen LogP contribution in [0.25, 0.3) is 0 Å². The van der Waals surface area contributed by atoms with Gasteiger partial charge in [0.25, 0.3) is 0 Å². The number of piperazine rings is 1. The molecule has 0 radical (unpaired) electrons. The molecule has 0 saturated carbocycles. The molecule has 1 N–H and O–H groups in total. The second-order valence-corrected chi connectivity index (χ2v) is 7.11. The lowest BCUT2D eigenvalue weighted by molar-refractivity contribution is 0.109. The van der Waals surface area contributed by atoms with E-state index in [1.807, 2.05) is 11.3 Å². The van der Waals surface area contributed by atoms with Crippen molar-refractivity contribution in [3.63, 3.8) is 0 Å². The van der Waals surface area contributed by atoms with E-state index in [1.165, 1.54) is 17.8 Å². The van der Waals surface area contributed by atoms with Gasteiger partial charge in [-0.05, 0) is 24.8 Å². The minimum absolute atomic E-state index is 0.263. The second kappa shape index (κ2) is 5.72. The average molecular weight is 266 g/mol. The third kappa shape index (κ3) is 3.14. The zero-order chi connectivity index (χ0) is 13.2. The topological polar surface area (TPSA) is 15.3 Å². The van der Waals surface area contributed by atoms with Crippen LogP contribution in [-0.2, 0) is 5.41 Å². The summed E-state index contributed by atoms with van der Waals surface area (Å²) >= 11 is 1.89. The molecule has 0 aliphatic carbocycles. The molecular formula is C15H26N2S. The van der Waals surface area contributed by atoms with Crippen molar-refractivity contribution < 1.29 is 0 Å². The Morgan fingerprint density at radius 1 is 1.50 bits per heavy atom. The summed E-state index contributed by atoms with van der Waals surface area (Å²) in [6.07, 6.45) is 1.24. The Hall–Kier alpha value is -0.380. The van der Waals surface area contributed by atoms with E-state index in [2.05, 4.69) is 55.4 Å². The smallest absolute Gasteiger partial charge is 0.0219 e. The molecule has 2 nitrogen and oxygen atoms in total. The number of nitrogens with zero attached hydrogens (tertiary/aromatic N) is 1. The first-order valence-electron chi connectivity index (χ1n) is 7.04. The van der Waals surface area contributed by atoms with E-state index in [0.717, 1.165) is 13.1 Å². The summed E-state index contributed by atoms with van der Waals surface area (Å²) in [7, 11) is 0. The monoisotopic (exact) mass is 266 g/mol. The van der Waals surface area contributed by atoms with E-state index in [0.29, 0.717) is 12.1 Å². The maximum absolute atomic E-state index is 3.59. The fourth-order valence-corrected chi connectivity index (χ4v) is 3.72. The molecular weight excluding hydrogens is 240 g/mol. The zero-order valence-corrected chi connectivity index (χ0v) is 12.9. The lowest BCUT2D eigenvalue weighted by Gasteiger charge is -2.42. The first-order valence-corrected chi connectivity index (χ1v) is 7.92. The van der Waals surface area contributed by atoms with Gasteiger partial charge in [-0.1, -0.05) is 26.8 Å². The van der Waals surface area contributed by atoms with Crippen molar-refractivity contribution in [2.24, 2.45) is 0 Å². The molecule has 1 aliphatic heterocycles. The van der Waals surface area contributed by atoms with Crippen LogP contribution in [-0.4, -0.2) is 36.6 Å². The molecule has 2 heterocycles. The van der Waals surface area contributed by atoms with Gasteiger partial charge in [-0.25, -0.2) is 0 Å². The van der Waals surface area contributed by atoms with Crippen molar-refractivity contribution in [3.05, 3.63) is 22.4 Å². The van der Waals surface area contributed by atoms with Gasteiger partial charge in [0.15, 0.2) is 0 Å². The molecule has 1 aromatic heterocycles. The molecule has 0 amide bonds. The maximum Gasteiger partial charge on any atom is 0.0219 e. The molecule has 2 rings (SSSR count). The fourth-order valence-electron chi connectivity index (χ4n) is 2.88. The minimum Gasteiger partial charge on any atom is -0.311 e. The highest BCUT2D eigenvalue weighted by Crippen LogP contribution is 2.29. The molecule has 1 aromatic rings. The lowest BCUT2D eigenvalue weighted by Crippen LogP contribution is -2.57. The summed E-state index contributed by atoms with van der Waals surface area (Å²) < 4.78 is 0. The predicted molar refractivity (Wildman–Crippen MR) is 80.5 cm³/mol. The van der Waals surface area contributed by atoms with Gasteiger partial charge >= 0.3 is 0 Å². The maximum atomic E-state index is 3.59. The normalized spacial score (nSPS) is 26.4. The van der Waals surface area contributed by atoms with Gasteiger partial charge in [0.2, 0.25) is 0 Å². The van der Waals surface area contributed by atoms with Crippen LogP contribution in [0.3, 0.4) is 0 Å². The van der Waals surface area contributed by atoms with E-state index in [4.69, 9.17) is 0 Å². The van der Waals surface area contributed by atoms with Crippen LogP contribution in [0.5, 0.6) is 0 Å². The van der Waals surface area contributed by atoms with E-state index in [1.54, 1.807) is 0 Å². The lowest BCUT2D eigenvalue weighted by atomic mass is 9.89. The average Bonchev–Trinajstić information content (AvgIpc) is 2.83. The third-order valence-electron chi connectivity index (χ3n) is 3.98. The Labute approximate surface area is 115 Å². The number of hydrogen-bond acceptors (Lipinski definition) is 3. The van der Waals surface area contributed by atoms with E-state index < -0.39 is 0 Å². The minimum atomic E-state index is 0.263. The summed E-state index contributed by atoms with van der Waals surface area (Å²) in [5.41, 5.74) is 0.263. The van der Waals surface area contributed by atoms with Crippen molar-refractivity contribution in [3.8, 4) is 0 Å². The van der Waals surface area contributed by atoms with Gasteiger partial charge < -0.3 is 5.32 Å². The molecule has 102 valence electrons. The van der Waals surface area contributed by atoms with Crippen LogP contribution in [0.4, 0.5) is 0 Å². The fraction of sp³-hybridized carbons (Fsp3) is 0.733. The molecule has 18 heavy (non-hydrogen) atoms. The zero-order valence-electron chi connectivity index (χ0n) is 12.1. The number of rotatable bonds is 4. The van der Waals surface area contributed by atoms with Crippen LogP contribution >= 0.6 is 11.3 Å². The van der Waals surface area contributed by atoms with Gasteiger partial charge in [-0.3, -0.25) is 4.90 Å². The first kappa shape index (κ1) is 14.0. The second-order valence-electron chi connectivity index (χ2n) is 6.16. The third-order valence-corrected chi connectivity index (χ3v) is 5.22.